The minimum Gasteiger partial charge on any atom is -0.378 e. The second kappa shape index (κ2) is 6.15. The standard InChI is InChI=1S/C15H24N4O2/c1-10-12(7-17-19(10)11-5-3-4-6-11)15(20)18-13-8-16-9-14(13)21-2/h7,11,13-14,16H,3-6,8-9H2,1-2H3,(H,18,20). The first-order chi connectivity index (χ1) is 10.2. The maximum absolute atomic E-state index is 12.5. The molecule has 1 amide bonds. The minimum atomic E-state index is -0.0486. The number of nitrogens with one attached hydrogen (secondary N) is 2. The SMILES string of the molecule is COC1CNCC1NC(=O)c1cnn(C2CCCC2)c1C. The molecule has 0 bridgehead atoms. The van der Waals surface area contributed by atoms with Crippen LogP contribution in [0.5, 0.6) is 0 Å². The molecule has 2 unspecified atom stereocenters. The van der Waals surface area contributed by atoms with E-state index in [1.165, 1.54) is 25.7 Å². The molecular formula is C15H24N4O2. The maximum atomic E-state index is 12.5. The molecule has 1 saturated heterocycles. The number of carbonyl (C=O) groups is 1. The zero-order chi connectivity index (χ0) is 14.8. The Balaban J connectivity index is 1.70. The van der Waals surface area contributed by atoms with Gasteiger partial charge >= 0.3 is 0 Å². The van der Waals surface area contributed by atoms with Crippen molar-refractivity contribution < 1.29 is 9.53 Å². The van der Waals surface area contributed by atoms with Crippen LogP contribution in [0.25, 0.3) is 0 Å². The van der Waals surface area contributed by atoms with E-state index < -0.39 is 0 Å². The van der Waals surface area contributed by atoms with E-state index in [2.05, 4.69) is 15.7 Å². The molecule has 0 aromatic carbocycles. The van der Waals surface area contributed by atoms with Gasteiger partial charge in [0.1, 0.15) is 0 Å². The van der Waals surface area contributed by atoms with Crippen LogP contribution in [-0.4, -0.2) is 48.0 Å². The van der Waals surface area contributed by atoms with Gasteiger partial charge in [-0.15, -0.1) is 0 Å². The molecule has 2 heterocycles. The molecule has 2 atom stereocenters. The number of aromatic nitrogens is 2. The fraction of sp³-hybridized carbons (Fsp3) is 0.733. The van der Waals surface area contributed by atoms with Crippen LogP contribution in [0, 0.1) is 6.92 Å². The predicted molar refractivity (Wildman–Crippen MR) is 79.4 cm³/mol. The van der Waals surface area contributed by atoms with Crippen molar-refractivity contribution in [3.8, 4) is 0 Å². The van der Waals surface area contributed by atoms with Crippen LogP contribution in [0.2, 0.25) is 0 Å². The van der Waals surface area contributed by atoms with E-state index in [9.17, 15) is 4.79 Å². The van der Waals surface area contributed by atoms with Crippen molar-refractivity contribution in [2.45, 2.75) is 50.8 Å². The third-order valence-electron chi connectivity index (χ3n) is 4.74. The lowest BCUT2D eigenvalue weighted by atomic mass is 10.1. The first-order valence-corrected chi connectivity index (χ1v) is 7.79. The van der Waals surface area contributed by atoms with E-state index >= 15 is 0 Å². The van der Waals surface area contributed by atoms with Gasteiger partial charge in [-0.3, -0.25) is 9.48 Å². The lowest BCUT2D eigenvalue weighted by molar-refractivity contribution is 0.0779. The second-order valence-electron chi connectivity index (χ2n) is 6.04. The van der Waals surface area contributed by atoms with Gasteiger partial charge < -0.3 is 15.4 Å². The van der Waals surface area contributed by atoms with Crippen LogP contribution in [0.3, 0.4) is 0 Å². The summed E-state index contributed by atoms with van der Waals surface area (Å²) in [6.07, 6.45) is 6.60. The molecule has 1 aromatic rings. The van der Waals surface area contributed by atoms with Crippen LogP contribution in [0.15, 0.2) is 6.20 Å². The minimum absolute atomic E-state index is 0.0248. The van der Waals surface area contributed by atoms with Crippen molar-refractivity contribution in [2.75, 3.05) is 20.2 Å². The van der Waals surface area contributed by atoms with Gasteiger partial charge in [0.15, 0.2) is 0 Å². The molecule has 6 heteroatoms. The number of rotatable bonds is 4. The number of methoxy groups -OCH3 is 1. The molecule has 2 aliphatic rings. The van der Waals surface area contributed by atoms with E-state index in [1.807, 2.05) is 11.6 Å². The van der Waals surface area contributed by atoms with Crippen LogP contribution in [-0.2, 0) is 4.74 Å². The molecule has 1 saturated carbocycles. The predicted octanol–water partition coefficient (Wildman–Crippen LogP) is 1.02. The Labute approximate surface area is 125 Å². The third-order valence-corrected chi connectivity index (χ3v) is 4.74. The van der Waals surface area contributed by atoms with Crippen molar-refractivity contribution in [2.24, 2.45) is 0 Å². The first-order valence-electron chi connectivity index (χ1n) is 7.79. The number of carbonyl (C=O) groups excluding carboxylic acids is 1. The fourth-order valence-electron chi connectivity index (χ4n) is 3.46. The van der Waals surface area contributed by atoms with E-state index in [1.54, 1.807) is 13.3 Å². The summed E-state index contributed by atoms with van der Waals surface area (Å²) in [5.41, 5.74) is 1.66. The number of hydrogen-bond donors (Lipinski definition) is 2. The average molecular weight is 292 g/mol. The summed E-state index contributed by atoms with van der Waals surface area (Å²) < 4.78 is 7.41. The average Bonchev–Trinajstić information content (AvgIpc) is 3.18. The highest BCUT2D eigenvalue weighted by molar-refractivity contribution is 5.95. The molecule has 2 fully saturated rings. The molecule has 0 radical (unpaired) electrons. The summed E-state index contributed by atoms with van der Waals surface area (Å²) in [6, 6.07) is 0.489. The van der Waals surface area contributed by atoms with Gasteiger partial charge in [-0.25, -0.2) is 0 Å². The topological polar surface area (TPSA) is 68.2 Å². The summed E-state index contributed by atoms with van der Waals surface area (Å²) in [6.45, 7) is 3.52. The maximum Gasteiger partial charge on any atom is 0.255 e. The van der Waals surface area contributed by atoms with Crippen molar-refractivity contribution >= 4 is 5.91 Å². The Hall–Kier alpha value is -1.40. The Bertz CT molecular complexity index is 508. The van der Waals surface area contributed by atoms with E-state index in [-0.39, 0.29) is 18.1 Å². The molecule has 2 N–H and O–H groups in total. The van der Waals surface area contributed by atoms with Gasteiger partial charge in [0, 0.05) is 25.9 Å². The van der Waals surface area contributed by atoms with Crippen molar-refractivity contribution in [1.29, 1.82) is 0 Å². The zero-order valence-electron chi connectivity index (χ0n) is 12.8. The summed E-state index contributed by atoms with van der Waals surface area (Å²) in [4.78, 5) is 12.5. The highest BCUT2D eigenvalue weighted by atomic mass is 16.5. The van der Waals surface area contributed by atoms with Crippen LogP contribution < -0.4 is 10.6 Å². The molecule has 1 aromatic heterocycles. The van der Waals surface area contributed by atoms with E-state index in [4.69, 9.17) is 4.74 Å². The lowest BCUT2D eigenvalue weighted by Gasteiger charge is -2.18. The van der Waals surface area contributed by atoms with Gasteiger partial charge in [-0.2, -0.15) is 5.10 Å². The zero-order valence-corrected chi connectivity index (χ0v) is 12.8. The molecule has 1 aliphatic heterocycles. The lowest BCUT2D eigenvalue weighted by Crippen LogP contribution is -2.43. The Morgan fingerprint density at radius 3 is 2.90 bits per heavy atom. The first kappa shape index (κ1) is 14.5. The molecule has 6 nitrogen and oxygen atoms in total. The molecule has 3 rings (SSSR count). The van der Waals surface area contributed by atoms with Gasteiger partial charge in [0.05, 0.1) is 29.9 Å². The number of hydrogen-bond acceptors (Lipinski definition) is 4. The Kier molecular flexibility index (Phi) is 4.26. The Morgan fingerprint density at radius 1 is 1.43 bits per heavy atom. The van der Waals surface area contributed by atoms with Crippen molar-refractivity contribution in [3.05, 3.63) is 17.5 Å². The summed E-state index contributed by atoms with van der Waals surface area (Å²) in [5, 5.41) is 10.7. The molecule has 1 aliphatic carbocycles. The summed E-state index contributed by atoms with van der Waals surface area (Å²) >= 11 is 0. The monoisotopic (exact) mass is 292 g/mol. The molecular weight excluding hydrogens is 268 g/mol. The molecule has 21 heavy (non-hydrogen) atoms. The van der Waals surface area contributed by atoms with Gasteiger partial charge in [-0.1, -0.05) is 12.8 Å². The molecule has 0 spiro atoms. The quantitative estimate of drug-likeness (QED) is 0.869. The van der Waals surface area contributed by atoms with Gasteiger partial charge in [-0.05, 0) is 19.8 Å². The van der Waals surface area contributed by atoms with Crippen LogP contribution in [0.4, 0.5) is 0 Å². The third kappa shape index (κ3) is 2.82. The van der Waals surface area contributed by atoms with E-state index in [0.29, 0.717) is 11.6 Å². The fourth-order valence-corrected chi connectivity index (χ4v) is 3.46. The van der Waals surface area contributed by atoms with Gasteiger partial charge in [0.25, 0.3) is 5.91 Å². The summed E-state index contributed by atoms with van der Waals surface area (Å²) in [7, 11) is 1.68. The highest BCUT2D eigenvalue weighted by Crippen LogP contribution is 2.30. The van der Waals surface area contributed by atoms with Crippen molar-refractivity contribution in [3.63, 3.8) is 0 Å². The number of nitrogens with zero attached hydrogens (tertiary/aromatic N) is 2. The number of ether oxygens (including phenoxy) is 1. The second-order valence-corrected chi connectivity index (χ2v) is 6.04. The largest absolute Gasteiger partial charge is 0.378 e. The summed E-state index contributed by atoms with van der Waals surface area (Å²) in [5.74, 6) is -0.0486. The Morgan fingerprint density at radius 2 is 2.19 bits per heavy atom. The normalized spacial score (nSPS) is 26.4. The highest BCUT2D eigenvalue weighted by Gasteiger charge is 2.30. The van der Waals surface area contributed by atoms with Gasteiger partial charge in [0.2, 0.25) is 0 Å². The number of amides is 1. The van der Waals surface area contributed by atoms with Crippen molar-refractivity contribution in [1.82, 2.24) is 20.4 Å². The molecule has 116 valence electrons. The van der Waals surface area contributed by atoms with Crippen LogP contribution >= 0.6 is 0 Å². The van der Waals surface area contributed by atoms with E-state index in [0.717, 1.165) is 18.8 Å². The van der Waals surface area contributed by atoms with Crippen LogP contribution in [0.1, 0.15) is 47.8 Å². The smallest absolute Gasteiger partial charge is 0.255 e.